The summed E-state index contributed by atoms with van der Waals surface area (Å²) in [4.78, 5) is 0. The van der Waals surface area contributed by atoms with Crippen LogP contribution in [0.2, 0.25) is 0 Å². The molecule has 3 heteroatoms. The summed E-state index contributed by atoms with van der Waals surface area (Å²) >= 11 is 0. The molecular formula is C42H27N3. The summed E-state index contributed by atoms with van der Waals surface area (Å²) < 4.78 is 7.26. The number of para-hydroxylation sites is 6. The first kappa shape index (κ1) is 24.4. The number of fused-ring (bicyclic) bond motifs is 9. The second kappa shape index (κ2) is 9.22. The molecule has 0 bridgehead atoms. The third-order valence-electron chi connectivity index (χ3n) is 9.44. The second-order valence-corrected chi connectivity index (χ2v) is 11.8. The largest absolute Gasteiger partial charge is 0.309 e. The Morgan fingerprint density at radius 1 is 0.244 bits per heavy atom. The zero-order valence-electron chi connectivity index (χ0n) is 24.4. The molecule has 7 aromatic carbocycles. The summed E-state index contributed by atoms with van der Waals surface area (Å²) in [5.74, 6) is 0. The van der Waals surface area contributed by atoms with Gasteiger partial charge >= 0.3 is 0 Å². The monoisotopic (exact) mass is 573 g/mol. The van der Waals surface area contributed by atoms with Gasteiger partial charge in [-0.1, -0.05) is 103 Å². The summed E-state index contributed by atoms with van der Waals surface area (Å²) in [7, 11) is 0. The average molecular weight is 574 g/mol. The van der Waals surface area contributed by atoms with Crippen molar-refractivity contribution in [2.75, 3.05) is 0 Å². The average Bonchev–Trinajstić information content (AvgIpc) is 3.75. The molecule has 210 valence electrons. The van der Waals surface area contributed by atoms with Gasteiger partial charge in [0.15, 0.2) is 0 Å². The van der Waals surface area contributed by atoms with E-state index in [9.17, 15) is 0 Å². The zero-order chi connectivity index (χ0) is 29.5. The maximum absolute atomic E-state index is 2.44. The van der Waals surface area contributed by atoms with Gasteiger partial charge in [0.2, 0.25) is 0 Å². The Bertz CT molecular complexity index is 2650. The van der Waals surface area contributed by atoms with Crippen molar-refractivity contribution in [1.82, 2.24) is 13.7 Å². The molecule has 10 rings (SSSR count). The molecular weight excluding hydrogens is 546 g/mol. The van der Waals surface area contributed by atoms with Crippen molar-refractivity contribution in [3.63, 3.8) is 0 Å². The van der Waals surface area contributed by atoms with Crippen LogP contribution in [0, 0.1) is 0 Å². The number of aromatic nitrogens is 3. The van der Waals surface area contributed by atoms with Crippen LogP contribution in [0.25, 0.3) is 82.5 Å². The minimum atomic E-state index is 1.14. The fourth-order valence-electron chi connectivity index (χ4n) is 7.58. The maximum Gasteiger partial charge on any atom is 0.0782 e. The lowest BCUT2D eigenvalue weighted by Gasteiger charge is -2.15. The summed E-state index contributed by atoms with van der Waals surface area (Å²) in [6, 6.07) is 59.4. The molecule has 0 amide bonds. The highest BCUT2D eigenvalue weighted by Gasteiger charge is 2.20. The molecule has 0 N–H and O–H groups in total. The summed E-state index contributed by atoms with van der Waals surface area (Å²) in [6.45, 7) is 0. The van der Waals surface area contributed by atoms with Crippen molar-refractivity contribution < 1.29 is 0 Å². The first-order valence-corrected chi connectivity index (χ1v) is 15.5. The number of hydrogen-bond donors (Lipinski definition) is 0. The molecule has 0 aliphatic rings. The van der Waals surface area contributed by atoms with Gasteiger partial charge in [-0.05, 0) is 60.7 Å². The predicted octanol–water partition coefficient (Wildman–Crippen LogP) is 11.0. The van der Waals surface area contributed by atoms with Gasteiger partial charge in [-0.25, -0.2) is 0 Å². The lowest BCUT2D eigenvalue weighted by Crippen LogP contribution is -2.01. The molecule has 0 spiro atoms. The van der Waals surface area contributed by atoms with Crippen LogP contribution in [-0.2, 0) is 0 Å². The van der Waals surface area contributed by atoms with E-state index in [-0.39, 0.29) is 0 Å². The van der Waals surface area contributed by atoms with Crippen molar-refractivity contribution >= 4 is 65.4 Å². The Labute approximate surface area is 259 Å². The standard InChI is InChI=1S/C42H27N3/c1-6-18-36-30(12-1)31-13-2-7-19-37(31)43(36)28-24-26-29(27-25-28)44-38-20-8-5-16-34(38)35-17-11-23-41(42(35)44)45-39-21-9-3-14-32(39)33-15-4-10-22-40(33)45/h1-27H. The fraction of sp³-hybridized carbons (Fsp3) is 0. The van der Waals surface area contributed by atoms with E-state index >= 15 is 0 Å². The molecule has 0 aliphatic heterocycles. The van der Waals surface area contributed by atoms with Gasteiger partial charge in [0, 0.05) is 43.7 Å². The lowest BCUT2D eigenvalue weighted by molar-refractivity contribution is 1.12. The highest BCUT2D eigenvalue weighted by Crippen LogP contribution is 2.40. The van der Waals surface area contributed by atoms with E-state index in [0.29, 0.717) is 0 Å². The molecule has 45 heavy (non-hydrogen) atoms. The quantitative estimate of drug-likeness (QED) is 0.200. The van der Waals surface area contributed by atoms with Crippen LogP contribution < -0.4 is 0 Å². The van der Waals surface area contributed by atoms with Gasteiger partial charge in [-0.3, -0.25) is 0 Å². The first-order valence-electron chi connectivity index (χ1n) is 15.5. The first-order chi connectivity index (χ1) is 22.4. The molecule has 0 saturated heterocycles. The van der Waals surface area contributed by atoms with Crippen molar-refractivity contribution in [2.24, 2.45) is 0 Å². The van der Waals surface area contributed by atoms with Crippen molar-refractivity contribution in [3.05, 3.63) is 164 Å². The van der Waals surface area contributed by atoms with Crippen molar-refractivity contribution in [1.29, 1.82) is 0 Å². The van der Waals surface area contributed by atoms with Crippen molar-refractivity contribution in [2.45, 2.75) is 0 Å². The van der Waals surface area contributed by atoms with Gasteiger partial charge in [-0.15, -0.1) is 0 Å². The Balaban J connectivity index is 1.26. The van der Waals surface area contributed by atoms with Crippen LogP contribution in [0.5, 0.6) is 0 Å². The van der Waals surface area contributed by atoms with Gasteiger partial charge < -0.3 is 13.7 Å². The normalized spacial score (nSPS) is 12.0. The molecule has 0 fully saturated rings. The van der Waals surface area contributed by atoms with Gasteiger partial charge in [0.25, 0.3) is 0 Å². The van der Waals surface area contributed by atoms with Crippen LogP contribution in [0.1, 0.15) is 0 Å². The maximum atomic E-state index is 2.44. The van der Waals surface area contributed by atoms with E-state index in [1.54, 1.807) is 0 Å². The number of hydrogen-bond acceptors (Lipinski definition) is 0. The van der Waals surface area contributed by atoms with Crippen molar-refractivity contribution in [3.8, 4) is 17.1 Å². The molecule has 0 unspecified atom stereocenters. The van der Waals surface area contributed by atoms with Crippen LogP contribution >= 0.6 is 0 Å². The van der Waals surface area contributed by atoms with Crippen LogP contribution in [-0.4, -0.2) is 13.7 Å². The minimum Gasteiger partial charge on any atom is -0.309 e. The van der Waals surface area contributed by atoms with E-state index < -0.39 is 0 Å². The molecule has 0 radical (unpaired) electrons. The Hall–Kier alpha value is -6.06. The second-order valence-electron chi connectivity index (χ2n) is 11.8. The number of rotatable bonds is 3. The Morgan fingerprint density at radius 3 is 1.04 bits per heavy atom. The molecule has 0 saturated carbocycles. The lowest BCUT2D eigenvalue weighted by atomic mass is 10.1. The van der Waals surface area contributed by atoms with Gasteiger partial charge in [0.1, 0.15) is 0 Å². The molecule has 3 heterocycles. The van der Waals surface area contributed by atoms with Crippen LogP contribution in [0.4, 0.5) is 0 Å². The fourth-order valence-corrected chi connectivity index (χ4v) is 7.58. The molecule has 3 nitrogen and oxygen atoms in total. The van der Waals surface area contributed by atoms with Crippen LogP contribution in [0.15, 0.2) is 164 Å². The third-order valence-corrected chi connectivity index (χ3v) is 9.44. The smallest absolute Gasteiger partial charge is 0.0782 e. The van der Waals surface area contributed by atoms with E-state index in [4.69, 9.17) is 0 Å². The third kappa shape index (κ3) is 3.35. The zero-order valence-corrected chi connectivity index (χ0v) is 24.4. The van der Waals surface area contributed by atoms with Gasteiger partial charge in [0.05, 0.1) is 38.8 Å². The predicted molar refractivity (Wildman–Crippen MR) is 189 cm³/mol. The summed E-state index contributed by atoms with van der Waals surface area (Å²) in [5.41, 5.74) is 10.7. The van der Waals surface area contributed by atoms with Gasteiger partial charge in [-0.2, -0.15) is 0 Å². The number of nitrogens with zero attached hydrogens (tertiary/aromatic N) is 3. The van der Waals surface area contributed by atoms with E-state index in [0.717, 1.165) is 11.4 Å². The highest BCUT2D eigenvalue weighted by molar-refractivity contribution is 6.15. The minimum absolute atomic E-state index is 1.14. The topological polar surface area (TPSA) is 14.8 Å². The van der Waals surface area contributed by atoms with E-state index in [1.807, 2.05) is 0 Å². The summed E-state index contributed by atoms with van der Waals surface area (Å²) in [6.07, 6.45) is 0. The number of benzene rings is 7. The molecule has 0 aliphatic carbocycles. The molecule has 10 aromatic rings. The highest BCUT2D eigenvalue weighted by atomic mass is 15.1. The van der Waals surface area contributed by atoms with Crippen LogP contribution in [0.3, 0.4) is 0 Å². The van der Waals surface area contributed by atoms with E-state index in [2.05, 4.69) is 177 Å². The Morgan fingerprint density at radius 2 is 0.578 bits per heavy atom. The molecule has 0 atom stereocenters. The van der Waals surface area contributed by atoms with E-state index in [1.165, 1.54) is 71.1 Å². The Kier molecular flexibility index (Phi) is 5.00. The summed E-state index contributed by atoms with van der Waals surface area (Å²) in [5, 5.41) is 7.58. The molecule has 3 aromatic heterocycles. The SMILES string of the molecule is c1ccc2c(c1)c1ccccc1n2-c1ccc(-n2c3ccccc3c3cccc(-n4c5ccccc5c5ccccc54)c32)cc1.